The molecule has 0 saturated heterocycles. The number of hydrogen-bond acceptors (Lipinski definition) is 2. The molecule has 0 N–H and O–H groups in total. The summed E-state index contributed by atoms with van der Waals surface area (Å²) in [5.41, 5.74) is 0.00849. The normalized spacial score (nSPS) is 11.4. The predicted molar refractivity (Wildman–Crippen MR) is 66.2 cm³/mol. The Hall–Kier alpha value is -0.800. The van der Waals surface area contributed by atoms with Crippen LogP contribution in [-0.4, -0.2) is 12.6 Å². The summed E-state index contributed by atoms with van der Waals surface area (Å²) in [7, 11) is 0. The minimum Gasteiger partial charge on any atom is -0.462 e. The summed E-state index contributed by atoms with van der Waals surface area (Å²) < 4.78 is 18.2. The van der Waals surface area contributed by atoms with Crippen molar-refractivity contribution >= 4 is 29.2 Å². The zero-order valence-electron chi connectivity index (χ0n) is 9.81. The van der Waals surface area contributed by atoms with Crippen molar-refractivity contribution in [1.29, 1.82) is 0 Å². The highest BCUT2D eigenvalue weighted by molar-refractivity contribution is 6.35. The third-order valence-corrected chi connectivity index (χ3v) is 2.41. The molecule has 0 bridgehead atoms. The highest BCUT2D eigenvalue weighted by Gasteiger charge is 2.17. The van der Waals surface area contributed by atoms with Crippen LogP contribution >= 0.6 is 23.2 Å². The average Bonchev–Trinajstić information content (AvgIpc) is 2.20. The first-order chi connectivity index (χ1) is 7.70. The van der Waals surface area contributed by atoms with Crippen LogP contribution in [0.4, 0.5) is 4.39 Å². The van der Waals surface area contributed by atoms with E-state index in [0.29, 0.717) is 0 Å². The second kappa shape index (κ2) is 5.23. The summed E-state index contributed by atoms with van der Waals surface area (Å²) in [6, 6.07) is 2.40. The molecule has 2 nitrogen and oxygen atoms in total. The lowest BCUT2D eigenvalue weighted by atomic mass is 9.99. The Morgan fingerprint density at radius 2 is 1.76 bits per heavy atom. The molecule has 1 rings (SSSR count). The molecule has 0 saturated carbocycles. The lowest BCUT2D eigenvalue weighted by Crippen LogP contribution is -2.18. The van der Waals surface area contributed by atoms with E-state index in [4.69, 9.17) is 27.9 Å². The summed E-state index contributed by atoms with van der Waals surface area (Å²) in [6.45, 7) is 6.07. The van der Waals surface area contributed by atoms with Crippen LogP contribution in [0.3, 0.4) is 0 Å². The van der Waals surface area contributed by atoms with Crippen LogP contribution in [-0.2, 0) is 4.74 Å². The largest absolute Gasteiger partial charge is 0.462 e. The molecule has 5 heteroatoms. The molecule has 0 aliphatic heterocycles. The van der Waals surface area contributed by atoms with Gasteiger partial charge in [-0.1, -0.05) is 44.0 Å². The number of carbonyl (C=O) groups excluding carboxylic acids is 1. The van der Waals surface area contributed by atoms with Gasteiger partial charge in [0.25, 0.3) is 0 Å². The van der Waals surface area contributed by atoms with Crippen molar-refractivity contribution in [3.63, 3.8) is 0 Å². The van der Waals surface area contributed by atoms with Crippen LogP contribution in [0.15, 0.2) is 12.1 Å². The number of rotatable bonds is 2. The standard InChI is InChI=1S/C12H13Cl2FO2/c1-12(2,3)6-17-11(16)7-4-8(13)10(15)9(14)5-7/h4-5H,6H2,1-3H3. The smallest absolute Gasteiger partial charge is 0.338 e. The van der Waals surface area contributed by atoms with Crippen LogP contribution in [0.25, 0.3) is 0 Å². The minimum absolute atomic E-state index is 0.136. The van der Waals surface area contributed by atoms with Gasteiger partial charge in [0.1, 0.15) is 0 Å². The first-order valence-electron chi connectivity index (χ1n) is 5.02. The van der Waals surface area contributed by atoms with Crippen molar-refractivity contribution in [2.45, 2.75) is 20.8 Å². The molecule has 1 aromatic carbocycles. The monoisotopic (exact) mass is 278 g/mol. The van der Waals surface area contributed by atoms with Crippen molar-refractivity contribution in [1.82, 2.24) is 0 Å². The van der Waals surface area contributed by atoms with Gasteiger partial charge >= 0.3 is 5.97 Å². The molecule has 0 unspecified atom stereocenters. The van der Waals surface area contributed by atoms with Gasteiger partial charge in [0.05, 0.1) is 22.2 Å². The number of hydrogen-bond donors (Lipinski definition) is 0. The van der Waals surface area contributed by atoms with E-state index in [9.17, 15) is 9.18 Å². The molecule has 0 aliphatic rings. The fraction of sp³-hybridized carbons (Fsp3) is 0.417. The van der Waals surface area contributed by atoms with E-state index in [1.165, 1.54) is 12.1 Å². The second-order valence-corrected chi connectivity index (χ2v) is 5.71. The van der Waals surface area contributed by atoms with Gasteiger partial charge in [0, 0.05) is 0 Å². The maximum Gasteiger partial charge on any atom is 0.338 e. The number of benzene rings is 1. The summed E-state index contributed by atoms with van der Waals surface area (Å²) in [5, 5.41) is -0.389. The maximum atomic E-state index is 13.1. The fourth-order valence-electron chi connectivity index (χ4n) is 1.04. The molecule has 1 aromatic rings. The quantitative estimate of drug-likeness (QED) is 0.594. The SMILES string of the molecule is CC(C)(C)COC(=O)c1cc(Cl)c(F)c(Cl)c1. The second-order valence-electron chi connectivity index (χ2n) is 4.89. The van der Waals surface area contributed by atoms with E-state index >= 15 is 0 Å². The Morgan fingerprint density at radius 3 is 2.18 bits per heavy atom. The molecule has 0 spiro atoms. The molecule has 0 aliphatic carbocycles. The van der Waals surface area contributed by atoms with E-state index in [1.54, 1.807) is 0 Å². The maximum absolute atomic E-state index is 13.1. The summed E-state index contributed by atoms with van der Waals surface area (Å²) in [6.07, 6.45) is 0. The highest BCUT2D eigenvalue weighted by Crippen LogP contribution is 2.25. The fourth-order valence-corrected chi connectivity index (χ4v) is 1.53. The summed E-state index contributed by atoms with van der Waals surface area (Å²) in [4.78, 5) is 11.6. The van der Waals surface area contributed by atoms with Gasteiger partial charge in [0.2, 0.25) is 0 Å². The van der Waals surface area contributed by atoms with E-state index in [1.807, 2.05) is 20.8 Å². The lowest BCUT2D eigenvalue weighted by molar-refractivity contribution is 0.0367. The molecular weight excluding hydrogens is 266 g/mol. The van der Waals surface area contributed by atoms with Crippen LogP contribution in [0.2, 0.25) is 10.0 Å². The first-order valence-corrected chi connectivity index (χ1v) is 5.78. The average molecular weight is 279 g/mol. The number of esters is 1. The topological polar surface area (TPSA) is 26.3 Å². The van der Waals surface area contributed by atoms with Crippen LogP contribution in [0, 0.1) is 11.2 Å². The van der Waals surface area contributed by atoms with E-state index in [-0.39, 0.29) is 27.6 Å². The Kier molecular flexibility index (Phi) is 4.39. The van der Waals surface area contributed by atoms with Crippen molar-refractivity contribution in [2.75, 3.05) is 6.61 Å². The van der Waals surface area contributed by atoms with Gasteiger partial charge in [-0.3, -0.25) is 0 Å². The molecule has 94 valence electrons. The number of halogens is 3. The molecule has 0 heterocycles. The van der Waals surface area contributed by atoms with Crippen molar-refractivity contribution < 1.29 is 13.9 Å². The molecule has 0 atom stereocenters. The Morgan fingerprint density at radius 1 is 1.29 bits per heavy atom. The Balaban J connectivity index is 2.84. The number of carbonyl (C=O) groups is 1. The minimum atomic E-state index is -0.735. The van der Waals surface area contributed by atoms with Crippen LogP contribution < -0.4 is 0 Å². The van der Waals surface area contributed by atoms with Crippen molar-refractivity contribution in [3.05, 3.63) is 33.6 Å². The third-order valence-electron chi connectivity index (χ3n) is 1.86. The van der Waals surface area contributed by atoms with Crippen LogP contribution in [0.5, 0.6) is 0 Å². The molecule has 0 fully saturated rings. The van der Waals surface area contributed by atoms with Gasteiger partial charge in [-0.25, -0.2) is 9.18 Å². The molecule has 0 radical (unpaired) electrons. The molecule has 0 amide bonds. The zero-order valence-corrected chi connectivity index (χ0v) is 11.3. The summed E-state index contributed by atoms with van der Waals surface area (Å²) >= 11 is 11.2. The third kappa shape index (κ3) is 4.17. The van der Waals surface area contributed by atoms with Gasteiger partial charge in [-0.15, -0.1) is 0 Å². The molecular formula is C12H13Cl2FO2. The van der Waals surface area contributed by atoms with Gasteiger partial charge in [-0.2, -0.15) is 0 Å². The number of ether oxygens (including phenoxy) is 1. The van der Waals surface area contributed by atoms with Gasteiger partial charge < -0.3 is 4.74 Å². The Bertz CT molecular complexity index is 416. The van der Waals surface area contributed by atoms with Crippen molar-refractivity contribution in [3.8, 4) is 0 Å². The van der Waals surface area contributed by atoms with E-state index in [2.05, 4.69) is 0 Å². The molecule has 17 heavy (non-hydrogen) atoms. The van der Waals surface area contributed by atoms with E-state index in [0.717, 1.165) is 0 Å². The van der Waals surface area contributed by atoms with Gasteiger partial charge in [-0.05, 0) is 17.5 Å². The lowest BCUT2D eigenvalue weighted by Gasteiger charge is -2.17. The van der Waals surface area contributed by atoms with Crippen molar-refractivity contribution in [2.24, 2.45) is 5.41 Å². The highest BCUT2D eigenvalue weighted by atomic mass is 35.5. The van der Waals surface area contributed by atoms with E-state index < -0.39 is 11.8 Å². The van der Waals surface area contributed by atoms with Gasteiger partial charge in [0.15, 0.2) is 5.82 Å². The predicted octanol–water partition coefficient (Wildman–Crippen LogP) is 4.34. The first kappa shape index (κ1) is 14.3. The van der Waals surface area contributed by atoms with Crippen LogP contribution in [0.1, 0.15) is 31.1 Å². The zero-order chi connectivity index (χ0) is 13.2. The molecule has 0 aromatic heterocycles. The Labute approximate surface area is 110 Å². The summed E-state index contributed by atoms with van der Waals surface area (Å²) in [5.74, 6) is -1.30.